The van der Waals surface area contributed by atoms with Gasteiger partial charge in [0, 0.05) is 22.3 Å². The Balaban J connectivity index is 2.01. The van der Waals surface area contributed by atoms with Gasteiger partial charge in [0.15, 0.2) is 11.6 Å². The molecule has 2 heteroatoms. The van der Waals surface area contributed by atoms with Crippen molar-refractivity contribution >= 4 is 11.6 Å². The summed E-state index contributed by atoms with van der Waals surface area (Å²) in [6.07, 6.45) is 3.77. The Kier molecular flexibility index (Phi) is 1.92. The monoisotopic (exact) mass is 248 g/mol. The van der Waals surface area contributed by atoms with E-state index in [-0.39, 0.29) is 11.6 Å². The number of rotatable bonds is 1. The van der Waals surface area contributed by atoms with Crippen molar-refractivity contribution in [3.63, 3.8) is 0 Å². The Labute approximate surface area is 111 Å². The van der Waals surface area contributed by atoms with Crippen LogP contribution >= 0.6 is 0 Å². The van der Waals surface area contributed by atoms with Crippen molar-refractivity contribution < 1.29 is 9.59 Å². The minimum absolute atomic E-state index is 0.0154. The summed E-state index contributed by atoms with van der Waals surface area (Å²) in [6.45, 7) is 2.09. The first kappa shape index (κ1) is 10.7. The molecule has 0 heterocycles. The fourth-order valence-electron chi connectivity index (χ4n) is 3.35. The molecule has 0 fully saturated rings. The summed E-state index contributed by atoms with van der Waals surface area (Å²) in [6, 6.07) is 7.14. The van der Waals surface area contributed by atoms with E-state index in [0.717, 1.165) is 24.0 Å². The number of benzene rings is 1. The lowest BCUT2D eigenvalue weighted by Gasteiger charge is -2.19. The Morgan fingerprint density at radius 3 is 2.26 bits per heavy atom. The third-order valence-corrected chi connectivity index (χ3v) is 4.23. The first-order valence-corrected chi connectivity index (χ1v) is 6.58. The van der Waals surface area contributed by atoms with E-state index in [2.05, 4.69) is 13.0 Å². The fourth-order valence-corrected chi connectivity index (χ4v) is 3.35. The van der Waals surface area contributed by atoms with E-state index in [0.29, 0.717) is 22.3 Å². The molecule has 0 unspecified atom stereocenters. The number of carbonyl (C=O) groups excluding carboxylic acids is 2. The minimum Gasteiger partial charge on any atom is -0.289 e. The summed E-state index contributed by atoms with van der Waals surface area (Å²) in [5, 5.41) is 0. The number of ketones is 2. The molecule has 0 radical (unpaired) electrons. The second kappa shape index (κ2) is 3.41. The van der Waals surface area contributed by atoms with Gasteiger partial charge in [0.1, 0.15) is 0 Å². The van der Waals surface area contributed by atoms with E-state index >= 15 is 0 Å². The highest BCUT2D eigenvalue weighted by Gasteiger charge is 2.42. The van der Waals surface area contributed by atoms with E-state index in [4.69, 9.17) is 0 Å². The fraction of sp³-hybridized carbons (Fsp3) is 0.176. The van der Waals surface area contributed by atoms with E-state index in [1.54, 1.807) is 12.1 Å². The van der Waals surface area contributed by atoms with Crippen LogP contribution in [0.4, 0.5) is 0 Å². The highest BCUT2D eigenvalue weighted by atomic mass is 16.1. The smallest absolute Gasteiger partial charge is 0.194 e. The first-order chi connectivity index (χ1) is 9.22. The topological polar surface area (TPSA) is 34.1 Å². The zero-order valence-electron chi connectivity index (χ0n) is 10.6. The second-order valence-corrected chi connectivity index (χ2v) is 5.16. The molecule has 92 valence electrons. The van der Waals surface area contributed by atoms with Gasteiger partial charge in [-0.15, -0.1) is 0 Å². The summed E-state index contributed by atoms with van der Waals surface area (Å²) >= 11 is 0. The lowest BCUT2D eigenvalue weighted by Crippen LogP contribution is -2.21. The molecule has 0 spiro atoms. The molecule has 3 aliphatic rings. The quantitative estimate of drug-likeness (QED) is 0.763. The van der Waals surface area contributed by atoms with Crippen LogP contribution in [0.25, 0.3) is 0 Å². The predicted molar refractivity (Wildman–Crippen MR) is 72.1 cm³/mol. The molecule has 2 nitrogen and oxygen atoms in total. The number of fused-ring (bicyclic) bond motifs is 5. The average molecular weight is 248 g/mol. The molecule has 0 amide bonds. The van der Waals surface area contributed by atoms with Gasteiger partial charge in [0.2, 0.25) is 0 Å². The normalized spacial score (nSPS) is 19.9. The van der Waals surface area contributed by atoms with Crippen LogP contribution in [0.1, 0.15) is 40.5 Å². The van der Waals surface area contributed by atoms with Crippen molar-refractivity contribution in [2.24, 2.45) is 0 Å². The molecule has 1 aromatic carbocycles. The summed E-state index contributed by atoms with van der Waals surface area (Å²) in [4.78, 5) is 25.2. The molecule has 3 aliphatic carbocycles. The molecule has 0 atom stereocenters. The van der Waals surface area contributed by atoms with E-state index in [1.165, 1.54) is 5.57 Å². The van der Waals surface area contributed by atoms with Crippen LogP contribution in [0.5, 0.6) is 0 Å². The van der Waals surface area contributed by atoms with Crippen molar-refractivity contribution in [3.8, 4) is 0 Å². The van der Waals surface area contributed by atoms with Gasteiger partial charge in [-0.25, -0.2) is 0 Å². The maximum absolute atomic E-state index is 12.6. The highest BCUT2D eigenvalue weighted by molar-refractivity contribution is 6.31. The van der Waals surface area contributed by atoms with Crippen molar-refractivity contribution in [1.82, 2.24) is 0 Å². The third kappa shape index (κ3) is 1.16. The highest BCUT2D eigenvalue weighted by Crippen LogP contribution is 2.49. The molecule has 1 aromatic rings. The Hall–Kier alpha value is -2.22. The molecule has 2 bridgehead atoms. The van der Waals surface area contributed by atoms with Crippen LogP contribution in [0, 0.1) is 0 Å². The SMILES string of the molecule is CCC1=C2CC(=C1)C1=C2C(=O)c2ccccc2C1=O. The molecule has 0 aromatic heterocycles. The van der Waals surface area contributed by atoms with Crippen LogP contribution in [0.2, 0.25) is 0 Å². The summed E-state index contributed by atoms with van der Waals surface area (Å²) in [5.41, 5.74) is 5.79. The third-order valence-electron chi connectivity index (χ3n) is 4.23. The van der Waals surface area contributed by atoms with Gasteiger partial charge < -0.3 is 0 Å². The van der Waals surface area contributed by atoms with Crippen LogP contribution in [-0.2, 0) is 0 Å². The summed E-state index contributed by atoms with van der Waals surface area (Å²) < 4.78 is 0. The molecular weight excluding hydrogens is 236 g/mol. The zero-order chi connectivity index (χ0) is 13.1. The van der Waals surface area contributed by atoms with Gasteiger partial charge in [0.05, 0.1) is 0 Å². The van der Waals surface area contributed by atoms with Gasteiger partial charge in [0.25, 0.3) is 0 Å². The number of hydrogen-bond acceptors (Lipinski definition) is 2. The largest absolute Gasteiger partial charge is 0.289 e. The van der Waals surface area contributed by atoms with Crippen LogP contribution in [0.3, 0.4) is 0 Å². The molecule has 0 saturated heterocycles. The van der Waals surface area contributed by atoms with Gasteiger partial charge in [-0.05, 0) is 29.6 Å². The Bertz CT molecular complexity index is 757. The van der Waals surface area contributed by atoms with Crippen molar-refractivity contribution in [3.05, 3.63) is 69.3 Å². The molecule has 0 aliphatic heterocycles. The number of allylic oxidation sites excluding steroid dienone is 6. The second-order valence-electron chi connectivity index (χ2n) is 5.16. The van der Waals surface area contributed by atoms with Crippen LogP contribution in [-0.4, -0.2) is 11.6 Å². The zero-order valence-corrected chi connectivity index (χ0v) is 10.6. The number of carbonyl (C=O) groups is 2. The standard InChI is InChI=1S/C17H12O2/c1-2-9-7-10-8-13(9)15-14(10)16(18)11-5-3-4-6-12(11)17(15)19/h3-7H,2,8H2,1H3. The van der Waals surface area contributed by atoms with E-state index < -0.39 is 0 Å². The molecular formula is C17H12O2. The van der Waals surface area contributed by atoms with Crippen LogP contribution in [0.15, 0.2) is 58.2 Å². The van der Waals surface area contributed by atoms with Gasteiger partial charge in [-0.1, -0.05) is 37.3 Å². The maximum Gasteiger partial charge on any atom is 0.194 e. The predicted octanol–water partition coefficient (Wildman–Crippen LogP) is 3.41. The van der Waals surface area contributed by atoms with Crippen molar-refractivity contribution in [1.29, 1.82) is 0 Å². The molecule has 0 saturated carbocycles. The Morgan fingerprint density at radius 2 is 1.63 bits per heavy atom. The van der Waals surface area contributed by atoms with Gasteiger partial charge in [-0.3, -0.25) is 9.59 Å². The van der Waals surface area contributed by atoms with Crippen molar-refractivity contribution in [2.75, 3.05) is 0 Å². The maximum atomic E-state index is 12.6. The van der Waals surface area contributed by atoms with E-state index in [9.17, 15) is 9.59 Å². The lowest BCUT2D eigenvalue weighted by atomic mass is 9.81. The minimum atomic E-state index is 0.0154. The first-order valence-electron chi connectivity index (χ1n) is 6.58. The number of hydrogen-bond donors (Lipinski definition) is 0. The van der Waals surface area contributed by atoms with Gasteiger partial charge >= 0.3 is 0 Å². The average Bonchev–Trinajstić information content (AvgIpc) is 3.02. The lowest BCUT2D eigenvalue weighted by molar-refractivity contribution is 0.0980. The van der Waals surface area contributed by atoms with E-state index in [1.807, 2.05) is 12.1 Å². The molecule has 0 N–H and O–H groups in total. The molecule has 4 rings (SSSR count). The van der Waals surface area contributed by atoms with Crippen molar-refractivity contribution in [2.45, 2.75) is 19.8 Å². The van der Waals surface area contributed by atoms with Gasteiger partial charge in [-0.2, -0.15) is 0 Å². The summed E-state index contributed by atoms with van der Waals surface area (Å²) in [5.74, 6) is 0.0378. The number of Topliss-reactive ketones (excluding diaryl/α,β-unsaturated/α-hetero) is 2. The summed E-state index contributed by atoms with van der Waals surface area (Å²) in [7, 11) is 0. The molecule has 19 heavy (non-hydrogen) atoms. The Morgan fingerprint density at radius 1 is 1.00 bits per heavy atom. The van der Waals surface area contributed by atoms with Crippen LogP contribution < -0.4 is 0 Å².